The van der Waals surface area contributed by atoms with Crippen LogP contribution in [0.2, 0.25) is 0 Å². The highest BCUT2D eigenvalue weighted by Crippen LogP contribution is 2.40. The van der Waals surface area contributed by atoms with Crippen molar-refractivity contribution in [2.24, 2.45) is 0 Å². The summed E-state index contributed by atoms with van der Waals surface area (Å²) >= 11 is 29.5. The van der Waals surface area contributed by atoms with E-state index < -0.39 is 14.5 Å². The highest BCUT2D eigenvalue weighted by atomic mass is 35.5. The summed E-state index contributed by atoms with van der Waals surface area (Å²) in [5.41, 5.74) is 0. The molecule has 1 atom stereocenters. The minimum absolute atomic E-state index is 0.402. The average molecular weight is 357 g/mol. The number of rotatable bonds is 11. The molecule has 0 saturated heterocycles. The summed E-state index contributed by atoms with van der Waals surface area (Å²) in [7, 11) is 0. The van der Waals surface area contributed by atoms with E-state index in [1.807, 2.05) is 0 Å². The van der Waals surface area contributed by atoms with Gasteiger partial charge in [-0.3, -0.25) is 0 Å². The van der Waals surface area contributed by atoms with Gasteiger partial charge in [0.05, 0.1) is 5.38 Å². The molecule has 1 unspecified atom stereocenters. The Kier molecular flexibility index (Phi) is 12.0. The van der Waals surface area contributed by atoms with Gasteiger partial charge in [0.15, 0.2) is 4.33 Å². The Morgan fingerprint density at radius 1 is 0.778 bits per heavy atom. The van der Waals surface area contributed by atoms with E-state index >= 15 is 0 Å². The smallest absolute Gasteiger partial charge is 0.120 e. The van der Waals surface area contributed by atoms with Crippen molar-refractivity contribution in [1.29, 1.82) is 0 Å². The van der Waals surface area contributed by atoms with Crippen LogP contribution in [0.1, 0.15) is 64.7 Å². The molecule has 0 amide bonds. The Balaban J connectivity index is 3.49. The second-order valence-electron chi connectivity index (χ2n) is 4.71. The summed E-state index contributed by atoms with van der Waals surface area (Å²) in [5, 5.41) is -0.402. The van der Waals surface area contributed by atoms with E-state index in [9.17, 15) is 0 Å². The van der Waals surface area contributed by atoms with Crippen molar-refractivity contribution >= 4 is 58.0 Å². The zero-order valence-electron chi connectivity index (χ0n) is 10.9. The van der Waals surface area contributed by atoms with Crippen LogP contribution in [0.5, 0.6) is 0 Å². The molecule has 0 aromatic rings. The van der Waals surface area contributed by atoms with E-state index in [-0.39, 0.29) is 0 Å². The van der Waals surface area contributed by atoms with Crippen LogP contribution in [0.15, 0.2) is 0 Å². The van der Waals surface area contributed by atoms with E-state index in [0.717, 1.165) is 19.3 Å². The standard InChI is InChI=1S/C13H23Cl5/c1-2-3-4-5-6-7-8-9-10-11(14)13(17,18)12(15)16/h11-12H,2-10H2,1H3. The van der Waals surface area contributed by atoms with Crippen molar-refractivity contribution in [3.05, 3.63) is 0 Å². The lowest BCUT2D eigenvalue weighted by Gasteiger charge is -2.26. The van der Waals surface area contributed by atoms with Gasteiger partial charge < -0.3 is 0 Å². The first kappa shape index (κ1) is 19.4. The van der Waals surface area contributed by atoms with Crippen LogP contribution in [0.25, 0.3) is 0 Å². The van der Waals surface area contributed by atoms with Gasteiger partial charge in [-0.1, -0.05) is 81.5 Å². The minimum Gasteiger partial charge on any atom is -0.120 e. The van der Waals surface area contributed by atoms with Gasteiger partial charge in [0, 0.05) is 0 Å². The highest BCUT2D eigenvalue weighted by Gasteiger charge is 2.39. The summed E-state index contributed by atoms with van der Waals surface area (Å²) in [5.74, 6) is 0. The van der Waals surface area contributed by atoms with E-state index in [1.54, 1.807) is 0 Å². The maximum atomic E-state index is 6.12. The zero-order valence-corrected chi connectivity index (χ0v) is 14.7. The number of hydrogen-bond donors (Lipinski definition) is 0. The van der Waals surface area contributed by atoms with Crippen LogP contribution >= 0.6 is 58.0 Å². The Labute approximate surface area is 137 Å². The fourth-order valence-electron chi connectivity index (χ4n) is 1.79. The number of hydrogen-bond acceptors (Lipinski definition) is 0. The average Bonchev–Trinajstić information content (AvgIpc) is 2.32. The van der Waals surface area contributed by atoms with Gasteiger partial charge >= 0.3 is 0 Å². The zero-order chi connectivity index (χ0) is 14.0. The van der Waals surface area contributed by atoms with Gasteiger partial charge in [-0.25, -0.2) is 0 Å². The third kappa shape index (κ3) is 8.59. The minimum atomic E-state index is -1.26. The second-order valence-corrected chi connectivity index (χ2v) is 7.77. The normalized spacial score (nSPS) is 14.2. The SMILES string of the molecule is CCCCCCCCCCC(Cl)C(Cl)(Cl)C(Cl)Cl. The molecule has 0 N–H and O–H groups in total. The van der Waals surface area contributed by atoms with Gasteiger partial charge in [0.25, 0.3) is 0 Å². The highest BCUT2D eigenvalue weighted by molar-refractivity contribution is 6.62. The van der Waals surface area contributed by atoms with Crippen LogP contribution in [0.3, 0.4) is 0 Å². The Hall–Kier alpha value is 1.45. The lowest BCUT2D eigenvalue weighted by atomic mass is 10.1. The Morgan fingerprint density at radius 2 is 1.22 bits per heavy atom. The largest absolute Gasteiger partial charge is 0.164 e. The molecule has 0 aliphatic heterocycles. The molecule has 0 aliphatic rings. The molecule has 110 valence electrons. The maximum Gasteiger partial charge on any atom is 0.164 e. The molecular weight excluding hydrogens is 333 g/mol. The topological polar surface area (TPSA) is 0 Å². The van der Waals surface area contributed by atoms with Crippen molar-refractivity contribution in [2.45, 2.75) is 79.3 Å². The van der Waals surface area contributed by atoms with E-state index in [1.165, 1.54) is 38.5 Å². The predicted molar refractivity (Wildman–Crippen MR) is 86.8 cm³/mol. The molecule has 5 heteroatoms. The third-order valence-corrected chi connectivity index (χ3v) is 5.90. The first-order chi connectivity index (χ1) is 8.42. The van der Waals surface area contributed by atoms with Crippen LogP contribution in [-0.4, -0.2) is 14.5 Å². The van der Waals surface area contributed by atoms with Gasteiger partial charge in [-0.15, -0.1) is 34.8 Å². The fraction of sp³-hybridized carbons (Fsp3) is 1.00. The van der Waals surface area contributed by atoms with Gasteiger partial charge in [-0.2, -0.15) is 0 Å². The van der Waals surface area contributed by atoms with Crippen molar-refractivity contribution in [2.75, 3.05) is 0 Å². The monoisotopic (exact) mass is 354 g/mol. The predicted octanol–water partition coefficient (Wildman–Crippen LogP) is 7.10. The van der Waals surface area contributed by atoms with Gasteiger partial charge in [0.1, 0.15) is 4.84 Å². The molecule has 0 fully saturated rings. The van der Waals surface area contributed by atoms with Gasteiger partial charge in [0.2, 0.25) is 0 Å². The van der Waals surface area contributed by atoms with Crippen LogP contribution in [0, 0.1) is 0 Å². The maximum absolute atomic E-state index is 6.12. The van der Waals surface area contributed by atoms with Gasteiger partial charge in [-0.05, 0) is 6.42 Å². The molecular formula is C13H23Cl5. The molecule has 0 heterocycles. The van der Waals surface area contributed by atoms with Crippen molar-refractivity contribution in [3.8, 4) is 0 Å². The summed E-state index contributed by atoms with van der Waals surface area (Å²) in [4.78, 5) is -0.864. The lowest BCUT2D eigenvalue weighted by molar-refractivity contribution is 0.550. The molecule has 0 nitrogen and oxygen atoms in total. The van der Waals surface area contributed by atoms with E-state index in [2.05, 4.69) is 6.92 Å². The molecule has 0 radical (unpaired) electrons. The first-order valence-electron chi connectivity index (χ1n) is 6.73. The summed E-state index contributed by atoms with van der Waals surface area (Å²) in [6.07, 6.45) is 10.8. The molecule has 0 bridgehead atoms. The molecule has 0 aromatic heterocycles. The molecule has 18 heavy (non-hydrogen) atoms. The van der Waals surface area contributed by atoms with Crippen LogP contribution in [0.4, 0.5) is 0 Å². The van der Waals surface area contributed by atoms with E-state index in [0.29, 0.717) is 0 Å². The summed E-state index contributed by atoms with van der Waals surface area (Å²) in [6.45, 7) is 2.23. The second kappa shape index (κ2) is 11.1. The Morgan fingerprint density at radius 3 is 1.67 bits per heavy atom. The molecule has 0 aromatic carbocycles. The molecule has 0 saturated carbocycles. The van der Waals surface area contributed by atoms with Crippen LogP contribution < -0.4 is 0 Å². The van der Waals surface area contributed by atoms with Crippen molar-refractivity contribution in [3.63, 3.8) is 0 Å². The fourth-order valence-corrected chi connectivity index (χ4v) is 2.72. The number of alkyl halides is 5. The summed E-state index contributed by atoms with van der Waals surface area (Å²) in [6, 6.07) is 0. The van der Waals surface area contributed by atoms with E-state index in [4.69, 9.17) is 58.0 Å². The van der Waals surface area contributed by atoms with Crippen molar-refractivity contribution < 1.29 is 0 Å². The molecule has 0 spiro atoms. The number of unbranched alkanes of at least 4 members (excludes halogenated alkanes) is 7. The van der Waals surface area contributed by atoms with Crippen LogP contribution in [-0.2, 0) is 0 Å². The first-order valence-corrected chi connectivity index (χ1v) is 8.79. The van der Waals surface area contributed by atoms with Crippen molar-refractivity contribution in [1.82, 2.24) is 0 Å². The third-order valence-electron chi connectivity index (χ3n) is 3.02. The quantitative estimate of drug-likeness (QED) is 0.273. The molecule has 0 rings (SSSR count). The lowest BCUT2D eigenvalue weighted by Crippen LogP contribution is -2.33. The Bertz CT molecular complexity index is 194. The summed E-state index contributed by atoms with van der Waals surface area (Å²) < 4.78 is -1.26. The molecule has 0 aliphatic carbocycles. The number of halogens is 5.